The van der Waals surface area contributed by atoms with Crippen molar-refractivity contribution in [3.63, 3.8) is 0 Å². The Kier molecular flexibility index (Phi) is 5.19. The van der Waals surface area contributed by atoms with E-state index in [1.807, 2.05) is 18.2 Å². The van der Waals surface area contributed by atoms with Gasteiger partial charge in [0.05, 0.1) is 12.5 Å². The number of piperidine rings is 1. The monoisotopic (exact) mass is 363 g/mol. The third kappa shape index (κ3) is 4.46. The van der Waals surface area contributed by atoms with Crippen molar-refractivity contribution in [2.24, 2.45) is 5.92 Å². The van der Waals surface area contributed by atoms with Crippen LogP contribution in [0.2, 0.25) is 0 Å². The standard InChI is InChI=1S/C17H21N3O4S/c1-25(22,23)20-8-6-14(7-9-20)17(21)19-12-13-4-5-15(18-11-13)16-3-2-10-24-16/h2-5,10-11,14H,6-9,12H2,1H3,(H,19,21). The predicted octanol–water partition coefficient (Wildman–Crippen LogP) is 1.63. The van der Waals surface area contributed by atoms with Crippen molar-refractivity contribution in [2.75, 3.05) is 19.3 Å². The van der Waals surface area contributed by atoms with Gasteiger partial charge in [-0.15, -0.1) is 0 Å². The quantitative estimate of drug-likeness (QED) is 0.872. The zero-order valence-electron chi connectivity index (χ0n) is 14.0. The van der Waals surface area contributed by atoms with Gasteiger partial charge < -0.3 is 9.73 Å². The molecule has 1 fully saturated rings. The van der Waals surface area contributed by atoms with Crippen molar-refractivity contribution in [2.45, 2.75) is 19.4 Å². The number of nitrogens with zero attached hydrogens (tertiary/aromatic N) is 2. The zero-order chi connectivity index (χ0) is 17.9. The van der Waals surface area contributed by atoms with Crippen LogP contribution in [0.1, 0.15) is 18.4 Å². The molecule has 2 aromatic rings. The Balaban J connectivity index is 1.49. The molecule has 0 spiro atoms. The molecule has 3 rings (SSSR count). The minimum absolute atomic E-state index is 0.0386. The third-order valence-corrected chi connectivity index (χ3v) is 5.66. The van der Waals surface area contributed by atoms with Gasteiger partial charge >= 0.3 is 0 Å². The molecule has 0 bridgehead atoms. The molecule has 0 radical (unpaired) electrons. The fourth-order valence-corrected chi connectivity index (χ4v) is 3.76. The first-order valence-corrected chi connectivity index (χ1v) is 10.00. The molecule has 134 valence electrons. The van der Waals surface area contributed by atoms with E-state index in [0.717, 1.165) is 11.3 Å². The summed E-state index contributed by atoms with van der Waals surface area (Å²) in [5, 5.41) is 2.91. The molecule has 7 nitrogen and oxygen atoms in total. The maximum atomic E-state index is 12.3. The zero-order valence-corrected chi connectivity index (χ0v) is 14.8. The first-order valence-electron chi connectivity index (χ1n) is 8.15. The lowest BCUT2D eigenvalue weighted by Crippen LogP contribution is -2.42. The number of rotatable bonds is 5. The van der Waals surface area contributed by atoms with Crippen molar-refractivity contribution >= 4 is 15.9 Å². The molecule has 0 aromatic carbocycles. The van der Waals surface area contributed by atoms with E-state index in [1.54, 1.807) is 18.5 Å². The van der Waals surface area contributed by atoms with Gasteiger partial charge in [0.1, 0.15) is 5.69 Å². The van der Waals surface area contributed by atoms with E-state index in [2.05, 4.69) is 10.3 Å². The van der Waals surface area contributed by atoms with Crippen molar-refractivity contribution in [1.29, 1.82) is 0 Å². The van der Waals surface area contributed by atoms with Crippen molar-refractivity contribution in [1.82, 2.24) is 14.6 Å². The number of carbonyl (C=O) groups excluding carboxylic acids is 1. The molecule has 1 aliphatic rings. The lowest BCUT2D eigenvalue weighted by molar-refractivity contribution is -0.126. The molecule has 0 atom stereocenters. The summed E-state index contributed by atoms with van der Waals surface area (Å²) in [6.07, 6.45) is 5.61. The van der Waals surface area contributed by atoms with Gasteiger partial charge in [0.2, 0.25) is 15.9 Å². The van der Waals surface area contributed by atoms with Crippen LogP contribution in [-0.2, 0) is 21.4 Å². The van der Waals surface area contributed by atoms with Crippen LogP contribution >= 0.6 is 0 Å². The lowest BCUT2D eigenvalue weighted by Gasteiger charge is -2.29. The van der Waals surface area contributed by atoms with E-state index < -0.39 is 10.0 Å². The molecule has 3 heterocycles. The van der Waals surface area contributed by atoms with Gasteiger partial charge in [0.15, 0.2) is 5.76 Å². The van der Waals surface area contributed by atoms with Gasteiger partial charge in [-0.1, -0.05) is 6.07 Å². The van der Waals surface area contributed by atoms with Gasteiger partial charge in [0.25, 0.3) is 0 Å². The van der Waals surface area contributed by atoms with E-state index in [9.17, 15) is 13.2 Å². The minimum Gasteiger partial charge on any atom is -0.463 e. The maximum Gasteiger partial charge on any atom is 0.223 e. The van der Waals surface area contributed by atoms with E-state index >= 15 is 0 Å². The van der Waals surface area contributed by atoms with Crippen LogP contribution < -0.4 is 5.32 Å². The Morgan fingerprint density at radius 3 is 2.64 bits per heavy atom. The second-order valence-electron chi connectivity index (χ2n) is 6.18. The summed E-state index contributed by atoms with van der Waals surface area (Å²) in [6.45, 7) is 1.20. The summed E-state index contributed by atoms with van der Waals surface area (Å²) in [7, 11) is -3.17. The summed E-state index contributed by atoms with van der Waals surface area (Å²) in [6, 6.07) is 7.40. The van der Waals surface area contributed by atoms with Gasteiger partial charge in [-0.2, -0.15) is 0 Å². The predicted molar refractivity (Wildman–Crippen MR) is 92.9 cm³/mol. The van der Waals surface area contributed by atoms with Crippen LogP contribution in [0, 0.1) is 5.92 Å². The summed E-state index contributed by atoms with van der Waals surface area (Å²) >= 11 is 0. The number of amides is 1. The highest BCUT2D eigenvalue weighted by molar-refractivity contribution is 7.88. The van der Waals surface area contributed by atoms with Crippen molar-refractivity contribution in [3.8, 4) is 11.5 Å². The molecule has 1 amide bonds. The number of hydrogen-bond acceptors (Lipinski definition) is 5. The fraction of sp³-hybridized carbons (Fsp3) is 0.412. The number of hydrogen-bond donors (Lipinski definition) is 1. The van der Waals surface area contributed by atoms with Crippen LogP contribution in [0.4, 0.5) is 0 Å². The maximum absolute atomic E-state index is 12.3. The second-order valence-corrected chi connectivity index (χ2v) is 8.17. The Morgan fingerprint density at radius 2 is 2.08 bits per heavy atom. The van der Waals surface area contributed by atoms with Crippen molar-refractivity contribution in [3.05, 3.63) is 42.3 Å². The topological polar surface area (TPSA) is 92.5 Å². The molecular formula is C17H21N3O4S. The van der Waals surface area contributed by atoms with E-state index in [-0.39, 0.29) is 11.8 Å². The van der Waals surface area contributed by atoms with E-state index in [1.165, 1.54) is 10.6 Å². The normalized spacial score (nSPS) is 16.7. The number of nitrogens with one attached hydrogen (secondary N) is 1. The van der Waals surface area contributed by atoms with Gasteiger partial charge in [-0.05, 0) is 36.6 Å². The first kappa shape index (κ1) is 17.6. The third-order valence-electron chi connectivity index (χ3n) is 4.36. The molecule has 0 unspecified atom stereocenters. The molecule has 8 heteroatoms. The molecule has 0 saturated carbocycles. The molecule has 2 aromatic heterocycles. The highest BCUT2D eigenvalue weighted by Gasteiger charge is 2.28. The summed E-state index contributed by atoms with van der Waals surface area (Å²) in [5.74, 6) is 0.518. The molecule has 1 saturated heterocycles. The van der Waals surface area contributed by atoms with Gasteiger partial charge in [0, 0.05) is 31.7 Å². The number of carbonyl (C=O) groups is 1. The Hall–Kier alpha value is -2.19. The van der Waals surface area contributed by atoms with Gasteiger partial charge in [-0.3, -0.25) is 9.78 Å². The van der Waals surface area contributed by atoms with Crippen LogP contribution in [0.3, 0.4) is 0 Å². The molecule has 0 aliphatic carbocycles. The van der Waals surface area contributed by atoms with E-state index in [4.69, 9.17) is 4.42 Å². The average Bonchev–Trinajstić information content (AvgIpc) is 3.14. The number of sulfonamides is 1. The van der Waals surface area contributed by atoms with E-state index in [0.29, 0.717) is 38.2 Å². The largest absolute Gasteiger partial charge is 0.463 e. The second kappa shape index (κ2) is 7.37. The summed E-state index contributed by atoms with van der Waals surface area (Å²) < 4.78 is 29.7. The lowest BCUT2D eigenvalue weighted by atomic mass is 9.97. The highest BCUT2D eigenvalue weighted by Crippen LogP contribution is 2.20. The van der Waals surface area contributed by atoms with Crippen LogP contribution in [0.5, 0.6) is 0 Å². The smallest absolute Gasteiger partial charge is 0.223 e. The fourth-order valence-electron chi connectivity index (χ4n) is 2.88. The number of furan rings is 1. The summed E-state index contributed by atoms with van der Waals surface area (Å²) in [5.41, 5.74) is 1.64. The van der Waals surface area contributed by atoms with Crippen LogP contribution in [0.25, 0.3) is 11.5 Å². The number of aromatic nitrogens is 1. The summed E-state index contributed by atoms with van der Waals surface area (Å²) in [4.78, 5) is 16.6. The Labute approximate surface area is 147 Å². The highest BCUT2D eigenvalue weighted by atomic mass is 32.2. The number of pyridine rings is 1. The van der Waals surface area contributed by atoms with Gasteiger partial charge in [-0.25, -0.2) is 12.7 Å². The molecule has 1 aliphatic heterocycles. The molecule has 1 N–H and O–H groups in total. The van der Waals surface area contributed by atoms with Crippen LogP contribution in [0.15, 0.2) is 41.1 Å². The minimum atomic E-state index is -3.17. The Bertz CT molecular complexity index is 808. The van der Waals surface area contributed by atoms with Crippen molar-refractivity contribution < 1.29 is 17.6 Å². The molecular weight excluding hydrogens is 342 g/mol. The first-order chi connectivity index (χ1) is 11.9. The van der Waals surface area contributed by atoms with Crippen LogP contribution in [-0.4, -0.2) is 43.0 Å². The molecule has 25 heavy (non-hydrogen) atoms. The average molecular weight is 363 g/mol. The Morgan fingerprint density at radius 1 is 1.32 bits per heavy atom. The SMILES string of the molecule is CS(=O)(=O)N1CCC(C(=O)NCc2ccc(-c3ccco3)nc2)CC1.